The third-order valence-corrected chi connectivity index (χ3v) is 4.13. The maximum absolute atomic E-state index is 13.5. The Bertz CT molecular complexity index is 734. The van der Waals surface area contributed by atoms with Gasteiger partial charge >= 0.3 is 47.4 Å². The van der Waals surface area contributed by atoms with E-state index in [0.29, 0.717) is 0 Å². The van der Waals surface area contributed by atoms with Gasteiger partial charge in [0.1, 0.15) is 13.2 Å². The SMILES string of the molecule is NCC(=O)C(F)(F)C(F)(F)C(F)(F)C(F)(F)COCC(F)(F)C(F)(F)C(F)(F)C(F)(F)C(=O)CN. The van der Waals surface area contributed by atoms with Gasteiger partial charge in [-0.05, 0) is 0 Å². The van der Waals surface area contributed by atoms with Gasteiger partial charge in [-0.25, -0.2) is 0 Å². The van der Waals surface area contributed by atoms with Crippen molar-refractivity contribution in [3.63, 3.8) is 0 Å². The molecule has 0 spiro atoms. The molecule has 0 aromatic carbocycles. The minimum absolute atomic E-state index is 2.08. The third-order valence-electron chi connectivity index (χ3n) is 4.13. The van der Waals surface area contributed by atoms with Crippen molar-refractivity contribution in [2.45, 2.75) is 47.4 Å². The Balaban J connectivity index is 5.90. The molecule has 0 rings (SSSR count). The maximum Gasteiger partial charge on any atom is 0.385 e. The van der Waals surface area contributed by atoms with E-state index >= 15 is 0 Å². The van der Waals surface area contributed by atoms with Crippen molar-refractivity contribution < 1.29 is 84.6 Å². The fourth-order valence-corrected chi connectivity index (χ4v) is 1.95. The number of rotatable bonds is 14. The Morgan fingerprint density at radius 2 is 0.714 bits per heavy atom. The van der Waals surface area contributed by atoms with E-state index in [-0.39, 0.29) is 0 Å². The molecule has 0 unspecified atom stereocenters. The molecule has 0 atom stereocenters. The van der Waals surface area contributed by atoms with Gasteiger partial charge in [0.2, 0.25) is 11.6 Å². The number of halogens is 16. The van der Waals surface area contributed by atoms with Crippen LogP contribution in [-0.4, -0.2) is 85.2 Å². The minimum Gasteiger partial charge on any atom is -0.368 e. The van der Waals surface area contributed by atoms with E-state index < -0.39 is 85.2 Å². The Hall–Kier alpha value is -1.90. The Morgan fingerprint density at radius 1 is 0.486 bits per heavy atom. The van der Waals surface area contributed by atoms with Gasteiger partial charge in [0.25, 0.3) is 0 Å². The van der Waals surface area contributed by atoms with Crippen molar-refractivity contribution in [3.05, 3.63) is 0 Å². The lowest BCUT2D eigenvalue weighted by atomic mass is 9.95. The van der Waals surface area contributed by atoms with Crippen molar-refractivity contribution in [1.29, 1.82) is 0 Å². The molecule has 5 nitrogen and oxygen atoms in total. The van der Waals surface area contributed by atoms with Crippen molar-refractivity contribution in [2.24, 2.45) is 11.5 Å². The van der Waals surface area contributed by atoms with E-state index in [1.54, 1.807) is 0 Å². The van der Waals surface area contributed by atoms with Crippen molar-refractivity contribution in [1.82, 2.24) is 0 Å². The zero-order valence-corrected chi connectivity index (χ0v) is 16.3. The quantitative estimate of drug-likeness (QED) is 0.319. The van der Waals surface area contributed by atoms with E-state index in [4.69, 9.17) is 0 Å². The minimum atomic E-state index is -7.35. The summed E-state index contributed by atoms with van der Waals surface area (Å²) >= 11 is 0. The first-order chi connectivity index (χ1) is 15.2. The van der Waals surface area contributed by atoms with Crippen molar-refractivity contribution >= 4 is 11.6 Å². The fourth-order valence-electron chi connectivity index (χ4n) is 1.95. The molecular weight excluding hydrogens is 548 g/mol. The van der Waals surface area contributed by atoms with Crippen LogP contribution in [0.5, 0.6) is 0 Å². The van der Waals surface area contributed by atoms with Crippen LogP contribution in [0.4, 0.5) is 70.2 Å². The van der Waals surface area contributed by atoms with Gasteiger partial charge in [-0.2, -0.15) is 70.2 Å². The lowest BCUT2D eigenvalue weighted by molar-refractivity contribution is -0.375. The monoisotopic (exact) mass is 560 g/mol. The largest absolute Gasteiger partial charge is 0.385 e. The van der Waals surface area contributed by atoms with Gasteiger partial charge in [0.15, 0.2) is 0 Å². The van der Waals surface area contributed by atoms with Crippen LogP contribution in [0.15, 0.2) is 0 Å². The highest BCUT2D eigenvalue weighted by Crippen LogP contribution is 2.54. The van der Waals surface area contributed by atoms with Gasteiger partial charge in [0, 0.05) is 0 Å². The summed E-state index contributed by atoms with van der Waals surface area (Å²) in [7, 11) is 0. The summed E-state index contributed by atoms with van der Waals surface area (Å²) in [6.07, 6.45) is 0. The van der Waals surface area contributed by atoms with Crippen LogP contribution in [0.3, 0.4) is 0 Å². The fraction of sp³-hybridized carbons (Fsp3) is 0.857. The van der Waals surface area contributed by atoms with Crippen LogP contribution in [0.25, 0.3) is 0 Å². The van der Waals surface area contributed by atoms with E-state index in [2.05, 4.69) is 16.2 Å². The summed E-state index contributed by atoms with van der Waals surface area (Å²) in [5.41, 5.74) is 8.50. The summed E-state index contributed by atoms with van der Waals surface area (Å²) in [5, 5.41) is 0. The Labute approximate surface area is 182 Å². The lowest BCUT2D eigenvalue weighted by Crippen LogP contribution is -2.67. The number of carbonyl (C=O) groups is 2. The molecule has 4 N–H and O–H groups in total. The van der Waals surface area contributed by atoms with E-state index in [1.165, 1.54) is 0 Å². The van der Waals surface area contributed by atoms with Gasteiger partial charge in [0.05, 0.1) is 13.1 Å². The highest BCUT2D eigenvalue weighted by Gasteiger charge is 2.84. The van der Waals surface area contributed by atoms with Gasteiger partial charge in [-0.1, -0.05) is 0 Å². The number of ketones is 2. The highest BCUT2D eigenvalue weighted by molar-refractivity contribution is 5.89. The number of hydrogen-bond donors (Lipinski definition) is 2. The first-order valence-electron chi connectivity index (χ1n) is 8.24. The predicted molar refractivity (Wildman–Crippen MR) is 78.5 cm³/mol. The first kappa shape index (κ1) is 33.1. The van der Waals surface area contributed by atoms with Crippen LogP contribution >= 0.6 is 0 Å². The molecule has 0 heterocycles. The second kappa shape index (κ2) is 9.52. The van der Waals surface area contributed by atoms with E-state index in [0.717, 1.165) is 0 Å². The normalized spacial score (nSPS) is 15.4. The van der Waals surface area contributed by atoms with Crippen molar-refractivity contribution in [3.8, 4) is 0 Å². The molecule has 35 heavy (non-hydrogen) atoms. The summed E-state index contributed by atoms with van der Waals surface area (Å²) < 4.78 is 217. The van der Waals surface area contributed by atoms with Crippen LogP contribution in [0.1, 0.15) is 0 Å². The topological polar surface area (TPSA) is 95.4 Å². The smallest absolute Gasteiger partial charge is 0.368 e. The molecule has 208 valence electrons. The van der Waals surface area contributed by atoms with Gasteiger partial charge < -0.3 is 16.2 Å². The van der Waals surface area contributed by atoms with Crippen LogP contribution < -0.4 is 11.5 Å². The lowest BCUT2D eigenvalue weighted by Gasteiger charge is -2.37. The Kier molecular flexibility index (Phi) is 9.01. The van der Waals surface area contributed by atoms with Crippen LogP contribution in [-0.2, 0) is 14.3 Å². The summed E-state index contributed by atoms with van der Waals surface area (Å²) in [6.45, 7) is -11.3. The molecule has 0 aliphatic rings. The molecule has 0 amide bonds. The second-order valence-corrected chi connectivity index (χ2v) is 6.60. The molecule has 0 saturated heterocycles. The van der Waals surface area contributed by atoms with E-state index in [9.17, 15) is 79.8 Å². The molecule has 0 aromatic heterocycles. The van der Waals surface area contributed by atoms with Crippen LogP contribution in [0.2, 0.25) is 0 Å². The second-order valence-electron chi connectivity index (χ2n) is 6.60. The third kappa shape index (κ3) is 5.02. The number of nitrogens with two attached hydrogens (primary N) is 2. The molecule has 0 aliphatic heterocycles. The number of alkyl halides is 16. The first-order valence-corrected chi connectivity index (χ1v) is 8.24. The molecule has 0 saturated carbocycles. The number of ether oxygens (including phenoxy) is 1. The van der Waals surface area contributed by atoms with Crippen LogP contribution in [0, 0.1) is 0 Å². The van der Waals surface area contributed by atoms with E-state index in [1.807, 2.05) is 0 Å². The zero-order valence-electron chi connectivity index (χ0n) is 16.3. The molecule has 21 heteroatoms. The average molecular weight is 560 g/mol. The molecule has 0 bridgehead atoms. The molecule has 0 fully saturated rings. The van der Waals surface area contributed by atoms with Gasteiger partial charge in [-0.3, -0.25) is 9.59 Å². The van der Waals surface area contributed by atoms with Gasteiger partial charge in [-0.15, -0.1) is 0 Å². The number of Topliss-reactive ketones (excluding diaryl/α,β-unsaturated/α-hetero) is 2. The summed E-state index contributed by atoms with van der Waals surface area (Å²) in [5.74, 6) is -62.2. The average Bonchev–Trinajstić information content (AvgIpc) is 2.70. The summed E-state index contributed by atoms with van der Waals surface area (Å²) in [4.78, 5) is 21.3. The molecule has 0 radical (unpaired) electrons. The summed E-state index contributed by atoms with van der Waals surface area (Å²) in [6, 6.07) is 0. The highest BCUT2D eigenvalue weighted by atomic mass is 19.4. The number of carbonyl (C=O) groups excluding carboxylic acids is 2. The molecule has 0 aliphatic carbocycles. The number of hydrogen-bond acceptors (Lipinski definition) is 5. The standard InChI is InChI=1S/C14H12F16N2O3/c15-7(16,11(23,24)13(27,28)9(19,20)5(33)1-31)3-35-4-8(17,18)12(25,26)14(29,30)10(21,22)6(34)2-32/h1-4,31-32H2. The predicted octanol–water partition coefficient (Wildman–Crippen LogP) is 3.14. The molecule has 0 aromatic rings. The van der Waals surface area contributed by atoms with Crippen molar-refractivity contribution in [2.75, 3.05) is 26.3 Å². The Morgan fingerprint density at radius 3 is 0.914 bits per heavy atom. The maximum atomic E-state index is 13.5. The zero-order chi connectivity index (χ0) is 28.7. The molecular formula is C14H12F16N2O3.